The van der Waals surface area contributed by atoms with Crippen LogP contribution >= 0.6 is 0 Å². The summed E-state index contributed by atoms with van der Waals surface area (Å²) in [6.45, 7) is 2.76. The lowest BCUT2D eigenvalue weighted by Crippen LogP contribution is -2.28. The predicted molar refractivity (Wildman–Crippen MR) is 88.0 cm³/mol. The second-order valence-electron chi connectivity index (χ2n) is 6.13. The number of halogens is 1. The van der Waals surface area contributed by atoms with Crippen molar-refractivity contribution in [3.8, 4) is 11.5 Å². The summed E-state index contributed by atoms with van der Waals surface area (Å²) >= 11 is 0. The minimum absolute atomic E-state index is 0.203. The summed E-state index contributed by atoms with van der Waals surface area (Å²) in [5.74, 6) is 1.81. The molecule has 0 aliphatic carbocycles. The van der Waals surface area contributed by atoms with E-state index in [9.17, 15) is 4.39 Å². The third-order valence-electron chi connectivity index (χ3n) is 4.50. The van der Waals surface area contributed by atoms with Gasteiger partial charge in [0.25, 0.3) is 0 Å². The van der Waals surface area contributed by atoms with Crippen LogP contribution in [-0.2, 0) is 6.54 Å². The molecule has 0 saturated carbocycles. The highest BCUT2D eigenvalue weighted by Crippen LogP contribution is 2.36. The van der Waals surface area contributed by atoms with Gasteiger partial charge in [-0.3, -0.25) is 5.43 Å². The van der Waals surface area contributed by atoms with Crippen molar-refractivity contribution in [3.63, 3.8) is 0 Å². The maximum atomic E-state index is 12.9. The van der Waals surface area contributed by atoms with Crippen molar-refractivity contribution < 1.29 is 13.9 Å². The van der Waals surface area contributed by atoms with E-state index in [0.717, 1.165) is 36.7 Å². The summed E-state index contributed by atoms with van der Waals surface area (Å²) in [6.07, 6.45) is 0. The van der Waals surface area contributed by atoms with Crippen LogP contribution in [0.2, 0.25) is 0 Å². The van der Waals surface area contributed by atoms with Gasteiger partial charge in [-0.1, -0.05) is 18.2 Å². The fourth-order valence-electron chi connectivity index (χ4n) is 3.19. The molecule has 2 heterocycles. The van der Waals surface area contributed by atoms with E-state index >= 15 is 0 Å². The largest absolute Gasteiger partial charge is 0.454 e. The van der Waals surface area contributed by atoms with E-state index in [1.165, 1.54) is 17.7 Å². The third-order valence-corrected chi connectivity index (χ3v) is 4.50. The minimum Gasteiger partial charge on any atom is -0.454 e. The van der Waals surface area contributed by atoms with Crippen LogP contribution < -0.4 is 25.6 Å². The van der Waals surface area contributed by atoms with Crippen molar-refractivity contribution in [3.05, 3.63) is 59.4 Å². The van der Waals surface area contributed by atoms with Crippen molar-refractivity contribution in [1.29, 1.82) is 0 Å². The molecule has 126 valence electrons. The van der Waals surface area contributed by atoms with Gasteiger partial charge in [0, 0.05) is 25.6 Å². The molecule has 2 aromatic carbocycles. The van der Waals surface area contributed by atoms with Crippen LogP contribution in [0.4, 0.5) is 4.39 Å². The number of ether oxygens (including phenoxy) is 2. The molecule has 5 nitrogen and oxygen atoms in total. The smallest absolute Gasteiger partial charge is 0.231 e. The third kappa shape index (κ3) is 3.21. The van der Waals surface area contributed by atoms with Gasteiger partial charge in [0.2, 0.25) is 6.79 Å². The van der Waals surface area contributed by atoms with E-state index in [1.54, 1.807) is 0 Å². The lowest BCUT2D eigenvalue weighted by atomic mass is 9.94. The lowest BCUT2D eigenvalue weighted by molar-refractivity contribution is 0.174. The Morgan fingerprint density at radius 3 is 2.79 bits per heavy atom. The Hall–Kier alpha value is -2.15. The summed E-state index contributed by atoms with van der Waals surface area (Å²) in [7, 11) is 0. The molecule has 2 aliphatic heterocycles. The first-order valence-corrected chi connectivity index (χ1v) is 8.13. The van der Waals surface area contributed by atoms with Gasteiger partial charge in [-0.15, -0.1) is 0 Å². The van der Waals surface area contributed by atoms with Crippen molar-refractivity contribution in [2.75, 3.05) is 19.9 Å². The van der Waals surface area contributed by atoms with Gasteiger partial charge in [-0.25, -0.2) is 9.82 Å². The molecular formula is C18H20FN3O2. The van der Waals surface area contributed by atoms with Gasteiger partial charge in [-0.05, 0) is 35.4 Å². The molecular weight excluding hydrogens is 309 g/mol. The van der Waals surface area contributed by atoms with Crippen molar-refractivity contribution in [1.82, 2.24) is 16.2 Å². The predicted octanol–water partition coefficient (Wildman–Crippen LogP) is 2.11. The molecule has 1 saturated heterocycles. The number of nitrogens with one attached hydrogen (secondary N) is 3. The fraction of sp³-hybridized carbons (Fsp3) is 0.333. The van der Waals surface area contributed by atoms with Crippen molar-refractivity contribution in [2.24, 2.45) is 5.92 Å². The second kappa shape index (κ2) is 6.76. The molecule has 0 radical (unpaired) electrons. The molecule has 1 fully saturated rings. The van der Waals surface area contributed by atoms with Gasteiger partial charge < -0.3 is 14.8 Å². The first-order chi connectivity index (χ1) is 11.8. The number of hydrogen-bond acceptors (Lipinski definition) is 5. The Morgan fingerprint density at radius 2 is 1.92 bits per heavy atom. The number of benzene rings is 2. The van der Waals surface area contributed by atoms with Crippen molar-refractivity contribution in [2.45, 2.75) is 12.6 Å². The molecule has 4 rings (SSSR count). The van der Waals surface area contributed by atoms with Crippen LogP contribution in [0.1, 0.15) is 17.2 Å². The number of fused-ring (bicyclic) bond motifs is 1. The normalized spacial score (nSPS) is 22.0. The zero-order chi connectivity index (χ0) is 16.4. The van der Waals surface area contributed by atoms with E-state index < -0.39 is 0 Å². The maximum absolute atomic E-state index is 12.9. The Kier molecular flexibility index (Phi) is 4.34. The molecule has 3 N–H and O–H groups in total. The Morgan fingerprint density at radius 1 is 1.08 bits per heavy atom. The Balaban J connectivity index is 1.37. The van der Waals surface area contributed by atoms with Crippen LogP contribution in [-0.4, -0.2) is 19.9 Å². The minimum atomic E-state index is -0.203. The SMILES string of the molecule is Fc1ccc(CNCC2CNNC2c2ccc3c(c2)OCO3)cc1. The van der Waals surface area contributed by atoms with Crippen LogP contribution in [0.15, 0.2) is 42.5 Å². The number of hydrogen-bond donors (Lipinski definition) is 3. The van der Waals surface area contributed by atoms with Gasteiger partial charge >= 0.3 is 0 Å². The van der Waals surface area contributed by atoms with E-state index in [1.807, 2.05) is 24.3 Å². The highest BCUT2D eigenvalue weighted by molar-refractivity contribution is 5.45. The lowest BCUT2D eigenvalue weighted by Gasteiger charge is -2.19. The fourth-order valence-corrected chi connectivity index (χ4v) is 3.19. The summed E-state index contributed by atoms with van der Waals surface area (Å²) < 4.78 is 23.8. The molecule has 0 spiro atoms. The Bertz CT molecular complexity index is 708. The first-order valence-electron chi connectivity index (χ1n) is 8.13. The first kappa shape index (κ1) is 15.4. The van der Waals surface area contributed by atoms with Gasteiger partial charge in [0.15, 0.2) is 11.5 Å². The summed E-state index contributed by atoms with van der Waals surface area (Å²) in [6, 6.07) is 12.9. The highest BCUT2D eigenvalue weighted by atomic mass is 19.1. The monoisotopic (exact) mass is 329 g/mol. The maximum Gasteiger partial charge on any atom is 0.231 e. The summed E-state index contributed by atoms with van der Waals surface area (Å²) in [5, 5.41) is 3.46. The van der Waals surface area contributed by atoms with E-state index in [2.05, 4.69) is 22.2 Å². The zero-order valence-corrected chi connectivity index (χ0v) is 13.2. The highest BCUT2D eigenvalue weighted by Gasteiger charge is 2.29. The van der Waals surface area contributed by atoms with Crippen LogP contribution in [0.5, 0.6) is 11.5 Å². The summed E-state index contributed by atoms with van der Waals surface area (Å²) in [5.41, 5.74) is 8.82. The topological polar surface area (TPSA) is 54.5 Å². The molecule has 0 amide bonds. The average Bonchev–Trinajstić information content (AvgIpc) is 3.24. The van der Waals surface area contributed by atoms with Gasteiger partial charge in [0.05, 0.1) is 6.04 Å². The van der Waals surface area contributed by atoms with Gasteiger partial charge in [-0.2, -0.15) is 0 Å². The zero-order valence-electron chi connectivity index (χ0n) is 13.2. The van der Waals surface area contributed by atoms with Crippen LogP contribution in [0, 0.1) is 11.7 Å². The standard InChI is InChI=1S/C18H20FN3O2/c19-15-4-1-12(2-5-15)8-20-9-14-10-21-22-18(14)13-3-6-16-17(7-13)24-11-23-16/h1-7,14,18,20-22H,8-11H2. The molecule has 2 unspecified atom stereocenters. The second-order valence-corrected chi connectivity index (χ2v) is 6.13. The average molecular weight is 329 g/mol. The Labute approximate surface area is 140 Å². The molecule has 6 heteroatoms. The number of rotatable bonds is 5. The van der Waals surface area contributed by atoms with Crippen LogP contribution in [0.3, 0.4) is 0 Å². The number of hydrazine groups is 1. The summed E-state index contributed by atoms with van der Waals surface area (Å²) in [4.78, 5) is 0. The van der Waals surface area contributed by atoms with E-state index in [4.69, 9.17) is 9.47 Å². The molecule has 2 aliphatic rings. The quantitative estimate of drug-likeness (QED) is 0.784. The van der Waals surface area contributed by atoms with Gasteiger partial charge in [0.1, 0.15) is 5.82 Å². The molecule has 2 atom stereocenters. The molecule has 0 aromatic heterocycles. The molecule has 0 bridgehead atoms. The van der Waals surface area contributed by atoms with Crippen molar-refractivity contribution >= 4 is 0 Å². The van der Waals surface area contributed by atoms with E-state index in [-0.39, 0.29) is 18.7 Å². The van der Waals surface area contributed by atoms with E-state index in [0.29, 0.717) is 5.92 Å². The van der Waals surface area contributed by atoms with Crippen LogP contribution in [0.25, 0.3) is 0 Å². The molecule has 24 heavy (non-hydrogen) atoms. The molecule has 2 aromatic rings.